The molecule has 1 fully saturated rings. The van der Waals surface area contributed by atoms with Gasteiger partial charge in [-0.3, -0.25) is 0 Å². The first-order chi connectivity index (χ1) is 8.63. The van der Waals surface area contributed by atoms with Gasteiger partial charge >= 0.3 is 0 Å². The summed E-state index contributed by atoms with van der Waals surface area (Å²) < 4.78 is 0. The number of hydrogen-bond acceptors (Lipinski definition) is 2. The number of nitrogens with zero attached hydrogens (tertiary/aromatic N) is 1. The molecule has 1 saturated carbocycles. The molecule has 1 aliphatic rings. The first kappa shape index (κ1) is 11.5. The monoisotopic (exact) mass is 241 g/mol. The molecule has 0 saturated heterocycles. The zero-order chi connectivity index (χ0) is 12.7. The number of aryl methyl sites for hydroxylation is 2. The van der Waals surface area contributed by atoms with Crippen molar-refractivity contribution in [3.63, 3.8) is 0 Å². The van der Waals surface area contributed by atoms with E-state index in [-0.39, 0.29) is 0 Å². The zero-order valence-electron chi connectivity index (χ0n) is 10.9. The quantitative estimate of drug-likeness (QED) is 0.849. The van der Waals surface area contributed by atoms with Crippen LogP contribution in [0.15, 0.2) is 24.4 Å². The molecule has 3 rings (SSSR count). The second kappa shape index (κ2) is 4.25. The van der Waals surface area contributed by atoms with E-state index in [0.717, 1.165) is 24.4 Å². The highest BCUT2D eigenvalue weighted by atomic mass is 14.9. The Hall–Kier alpha value is -1.61. The van der Waals surface area contributed by atoms with Gasteiger partial charge < -0.3 is 10.7 Å². The van der Waals surface area contributed by atoms with Gasteiger partial charge in [-0.05, 0) is 38.3 Å². The van der Waals surface area contributed by atoms with Crippen molar-refractivity contribution in [2.75, 3.05) is 0 Å². The Kier molecular flexibility index (Phi) is 2.71. The molecule has 94 valence electrons. The maximum absolute atomic E-state index is 5.83. The van der Waals surface area contributed by atoms with Gasteiger partial charge in [0.15, 0.2) is 0 Å². The number of rotatable bonds is 2. The molecule has 0 atom stereocenters. The molecule has 3 heteroatoms. The molecule has 0 radical (unpaired) electrons. The van der Waals surface area contributed by atoms with Crippen LogP contribution >= 0.6 is 0 Å². The van der Waals surface area contributed by atoms with Gasteiger partial charge in [0.05, 0.1) is 11.9 Å². The van der Waals surface area contributed by atoms with Crippen molar-refractivity contribution < 1.29 is 0 Å². The number of H-pyrrole nitrogens is 1. The van der Waals surface area contributed by atoms with Gasteiger partial charge in [-0.15, -0.1) is 0 Å². The third-order valence-electron chi connectivity index (χ3n) is 3.84. The Morgan fingerprint density at radius 3 is 2.78 bits per heavy atom. The summed E-state index contributed by atoms with van der Waals surface area (Å²) in [5.41, 5.74) is 10.7. The average molecular weight is 241 g/mol. The van der Waals surface area contributed by atoms with Crippen LogP contribution in [-0.2, 0) is 0 Å². The highest BCUT2D eigenvalue weighted by molar-refractivity contribution is 5.64. The molecule has 1 aromatic carbocycles. The second-order valence-corrected chi connectivity index (χ2v) is 5.43. The Bertz CT molecular complexity index is 565. The molecule has 3 N–H and O–H groups in total. The summed E-state index contributed by atoms with van der Waals surface area (Å²) >= 11 is 0. The SMILES string of the molecule is Cc1ccc(C)c(-c2cnc(C3CC(N)C3)[nH]2)c1. The number of hydrogen-bond donors (Lipinski definition) is 2. The number of nitrogens with two attached hydrogens (primary N) is 1. The maximum Gasteiger partial charge on any atom is 0.109 e. The van der Waals surface area contributed by atoms with E-state index in [1.54, 1.807) is 0 Å². The van der Waals surface area contributed by atoms with Gasteiger partial charge in [0, 0.05) is 17.5 Å². The lowest BCUT2D eigenvalue weighted by Crippen LogP contribution is -2.35. The van der Waals surface area contributed by atoms with Gasteiger partial charge in [-0.1, -0.05) is 17.7 Å². The normalized spacial score (nSPS) is 22.8. The summed E-state index contributed by atoms with van der Waals surface area (Å²) in [4.78, 5) is 7.96. The van der Waals surface area contributed by atoms with Crippen molar-refractivity contribution >= 4 is 0 Å². The number of aromatic nitrogens is 2. The standard InChI is InChI=1S/C15H19N3/c1-9-3-4-10(2)13(5-9)14-8-17-15(18-14)11-6-12(16)7-11/h3-5,8,11-12H,6-7,16H2,1-2H3,(H,17,18). The van der Waals surface area contributed by atoms with E-state index in [2.05, 4.69) is 42.0 Å². The van der Waals surface area contributed by atoms with Crippen LogP contribution in [0.25, 0.3) is 11.3 Å². The smallest absolute Gasteiger partial charge is 0.109 e. The predicted octanol–water partition coefficient (Wildman–Crippen LogP) is 2.90. The van der Waals surface area contributed by atoms with Crippen LogP contribution in [-0.4, -0.2) is 16.0 Å². The van der Waals surface area contributed by atoms with Crippen LogP contribution in [0.3, 0.4) is 0 Å². The summed E-state index contributed by atoms with van der Waals surface area (Å²) in [7, 11) is 0. The third-order valence-corrected chi connectivity index (χ3v) is 3.84. The maximum atomic E-state index is 5.83. The van der Waals surface area contributed by atoms with Crippen molar-refractivity contribution in [1.82, 2.24) is 9.97 Å². The minimum absolute atomic E-state index is 0.365. The van der Waals surface area contributed by atoms with Crippen molar-refractivity contribution in [2.24, 2.45) is 5.73 Å². The Balaban J connectivity index is 1.90. The molecule has 3 nitrogen and oxygen atoms in total. The summed E-state index contributed by atoms with van der Waals surface area (Å²) in [5, 5.41) is 0. The Morgan fingerprint density at radius 2 is 2.06 bits per heavy atom. The fourth-order valence-electron chi connectivity index (χ4n) is 2.59. The summed E-state index contributed by atoms with van der Waals surface area (Å²) in [6.07, 6.45) is 4.06. The molecule has 1 heterocycles. The predicted molar refractivity (Wildman–Crippen MR) is 73.4 cm³/mol. The van der Waals surface area contributed by atoms with Crippen molar-refractivity contribution in [1.29, 1.82) is 0 Å². The van der Waals surface area contributed by atoms with E-state index >= 15 is 0 Å². The second-order valence-electron chi connectivity index (χ2n) is 5.43. The van der Waals surface area contributed by atoms with Crippen LogP contribution in [0.5, 0.6) is 0 Å². The molecule has 0 unspecified atom stereocenters. The van der Waals surface area contributed by atoms with E-state index in [1.807, 2.05) is 6.20 Å². The Labute approximate surface area is 107 Å². The van der Waals surface area contributed by atoms with Crippen LogP contribution < -0.4 is 5.73 Å². The average Bonchev–Trinajstić information content (AvgIpc) is 2.77. The fraction of sp³-hybridized carbons (Fsp3) is 0.400. The molecule has 0 bridgehead atoms. The van der Waals surface area contributed by atoms with Gasteiger partial charge in [0.25, 0.3) is 0 Å². The largest absolute Gasteiger partial charge is 0.342 e. The molecular weight excluding hydrogens is 222 g/mol. The summed E-state index contributed by atoms with van der Waals surface area (Å²) in [6, 6.07) is 6.87. The highest BCUT2D eigenvalue weighted by Gasteiger charge is 2.29. The zero-order valence-corrected chi connectivity index (χ0v) is 10.9. The topological polar surface area (TPSA) is 54.7 Å². The van der Waals surface area contributed by atoms with Crippen molar-refractivity contribution in [3.05, 3.63) is 41.3 Å². The minimum Gasteiger partial charge on any atom is -0.342 e. The van der Waals surface area contributed by atoms with Crippen LogP contribution in [0.2, 0.25) is 0 Å². The molecule has 1 aromatic heterocycles. The lowest BCUT2D eigenvalue weighted by atomic mass is 9.80. The van der Waals surface area contributed by atoms with E-state index < -0.39 is 0 Å². The lowest BCUT2D eigenvalue weighted by Gasteiger charge is -2.30. The van der Waals surface area contributed by atoms with Gasteiger partial charge in [-0.25, -0.2) is 4.98 Å². The van der Waals surface area contributed by atoms with Crippen molar-refractivity contribution in [3.8, 4) is 11.3 Å². The van der Waals surface area contributed by atoms with Gasteiger partial charge in [0.1, 0.15) is 5.82 Å². The molecule has 0 amide bonds. The molecule has 1 aliphatic carbocycles. The van der Waals surface area contributed by atoms with E-state index in [0.29, 0.717) is 12.0 Å². The molecule has 0 spiro atoms. The summed E-state index contributed by atoms with van der Waals surface area (Å²) in [5.74, 6) is 1.62. The number of aromatic amines is 1. The first-order valence-electron chi connectivity index (χ1n) is 6.51. The van der Waals surface area contributed by atoms with Crippen molar-refractivity contribution in [2.45, 2.75) is 38.6 Å². The third kappa shape index (κ3) is 1.95. The first-order valence-corrected chi connectivity index (χ1v) is 6.51. The number of benzene rings is 1. The van der Waals surface area contributed by atoms with Crippen LogP contribution in [0.4, 0.5) is 0 Å². The van der Waals surface area contributed by atoms with Crippen LogP contribution in [0.1, 0.15) is 35.7 Å². The highest BCUT2D eigenvalue weighted by Crippen LogP contribution is 2.35. The molecule has 0 aliphatic heterocycles. The lowest BCUT2D eigenvalue weighted by molar-refractivity contribution is 0.340. The van der Waals surface area contributed by atoms with Crippen LogP contribution in [0, 0.1) is 13.8 Å². The molecular formula is C15H19N3. The molecule has 2 aromatic rings. The fourth-order valence-corrected chi connectivity index (χ4v) is 2.59. The van der Waals surface area contributed by atoms with E-state index in [9.17, 15) is 0 Å². The minimum atomic E-state index is 0.365. The van der Waals surface area contributed by atoms with E-state index in [1.165, 1.54) is 16.7 Å². The number of nitrogens with one attached hydrogen (secondary N) is 1. The summed E-state index contributed by atoms with van der Waals surface area (Å²) in [6.45, 7) is 4.25. The van der Waals surface area contributed by atoms with E-state index in [4.69, 9.17) is 5.73 Å². The number of imidazole rings is 1. The Morgan fingerprint density at radius 1 is 1.28 bits per heavy atom. The van der Waals surface area contributed by atoms with Gasteiger partial charge in [-0.2, -0.15) is 0 Å². The molecule has 18 heavy (non-hydrogen) atoms. The van der Waals surface area contributed by atoms with Gasteiger partial charge in [0.2, 0.25) is 0 Å².